The Kier molecular flexibility index (Phi) is 6.94. The molecule has 7 nitrogen and oxygen atoms in total. The second-order valence-electron chi connectivity index (χ2n) is 7.87. The van der Waals surface area contributed by atoms with Gasteiger partial charge in [-0.25, -0.2) is 22.8 Å². The molecule has 1 saturated heterocycles. The Labute approximate surface area is 183 Å². The molecule has 0 aliphatic carbocycles. The monoisotopic (exact) mass is 454 g/mol. The summed E-state index contributed by atoms with van der Waals surface area (Å²) in [5, 5.41) is 19.9. The standard InChI is InChI=1S/C22H25F3N2O5/c1-11-14(23)10-13(20(25)19(11)24)17-16(21(28)29)12(2)26(3)15(18(17)22(30)31)4-5-27-6-8-32-9-7-27/h10,17H,4-9H2,1-3H3,(H,28,29)(H,30,31). The molecule has 174 valence electrons. The highest BCUT2D eigenvalue weighted by molar-refractivity contribution is 5.98. The predicted octanol–water partition coefficient (Wildman–Crippen LogP) is 2.86. The molecule has 2 N–H and O–H groups in total. The Hall–Kier alpha value is -2.85. The van der Waals surface area contributed by atoms with Crippen molar-refractivity contribution in [3.8, 4) is 0 Å². The lowest BCUT2D eigenvalue weighted by atomic mass is 9.78. The van der Waals surface area contributed by atoms with Gasteiger partial charge in [-0.2, -0.15) is 0 Å². The lowest BCUT2D eigenvalue weighted by molar-refractivity contribution is -0.133. The average molecular weight is 454 g/mol. The first kappa shape index (κ1) is 23.8. The number of morpholine rings is 1. The largest absolute Gasteiger partial charge is 0.478 e. The Bertz CT molecular complexity index is 1020. The van der Waals surface area contributed by atoms with E-state index in [4.69, 9.17) is 4.74 Å². The van der Waals surface area contributed by atoms with E-state index in [0.717, 1.165) is 6.92 Å². The van der Waals surface area contributed by atoms with Crippen LogP contribution in [0.15, 0.2) is 28.6 Å². The third kappa shape index (κ3) is 4.24. The lowest BCUT2D eigenvalue weighted by Gasteiger charge is -2.37. The predicted molar refractivity (Wildman–Crippen MR) is 108 cm³/mol. The molecule has 3 rings (SSSR count). The van der Waals surface area contributed by atoms with E-state index < -0.39 is 57.6 Å². The van der Waals surface area contributed by atoms with Crippen LogP contribution in [0, 0.1) is 24.4 Å². The topological polar surface area (TPSA) is 90.3 Å². The van der Waals surface area contributed by atoms with Gasteiger partial charge in [-0.3, -0.25) is 4.90 Å². The van der Waals surface area contributed by atoms with E-state index in [0.29, 0.717) is 38.9 Å². The van der Waals surface area contributed by atoms with Crippen molar-refractivity contribution in [1.82, 2.24) is 9.80 Å². The van der Waals surface area contributed by atoms with Gasteiger partial charge in [-0.05, 0) is 19.9 Å². The van der Waals surface area contributed by atoms with E-state index in [-0.39, 0.29) is 17.8 Å². The lowest BCUT2D eigenvalue weighted by Crippen LogP contribution is -2.39. The quantitative estimate of drug-likeness (QED) is 0.639. The number of carbonyl (C=O) groups is 2. The van der Waals surface area contributed by atoms with Gasteiger partial charge in [0.2, 0.25) is 0 Å². The molecule has 1 aromatic rings. The smallest absolute Gasteiger partial charge is 0.334 e. The summed E-state index contributed by atoms with van der Waals surface area (Å²) in [4.78, 5) is 27.9. The maximum Gasteiger partial charge on any atom is 0.334 e. The van der Waals surface area contributed by atoms with Gasteiger partial charge in [0, 0.05) is 55.6 Å². The molecule has 0 saturated carbocycles. The molecule has 0 bridgehead atoms. The number of aliphatic carboxylic acids is 2. The van der Waals surface area contributed by atoms with Crippen LogP contribution in [-0.4, -0.2) is 71.8 Å². The number of nitrogens with zero attached hydrogens (tertiary/aromatic N) is 2. The van der Waals surface area contributed by atoms with E-state index in [2.05, 4.69) is 4.90 Å². The minimum absolute atomic E-state index is 0.172. The number of carboxylic acids is 2. The maximum absolute atomic E-state index is 14.9. The first-order chi connectivity index (χ1) is 15.1. The van der Waals surface area contributed by atoms with Crippen molar-refractivity contribution in [2.24, 2.45) is 0 Å². The first-order valence-electron chi connectivity index (χ1n) is 10.1. The van der Waals surface area contributed by atoms with Crippen LogP contribution in [0.25, 0.3) is 0 Å². The number of hydrogen-bond donors (Lipinski definition) is 2. The van der Waals surface area contributed by atoms with E-state index in [1.54, 1.807) is 0 Å². The van der Waals surface area contributed by atoms with E-state index in [1.807, 2.05) is 0 Å². The number of hydrogen-bond acceptors (Lipinski definition) is 5. The van der Waals surface area contributed by atoms with Gasteiger partial charge in [0.15, 0.2) is 11.6 Å². The highest BCUT2D eigenvalue weighted by atomic mass is 19.2. The van der Waals surface area contributed by atoms with Crippen molar-refractivity contribution >= 4 is 11.9 Å². The molecule has 2 aliphatic rings. The molecular formula is C22H25F3N2O5. The van der Waals surface area contributed by atoms with E-state index >= 15 is 0 Å². The number of halogens is 3. The van der Waals surface area contributed by atoms with E-state index in [9.17, 15) is 33.0 Å². The molecule has 0 radical (unpaired) electrons. The highest BCUT2D eigenvalue weighted by Gasteiger charge is 2.41. The number of carboxylic acid groups (broad SMARTS) is 2. The Morgan fingerprint density at radius 3 is 2.22 bits per heavy atom. The molecule has 2 aliphatic heterocycles. The van der Waals surface area contributed by atoms with Crippen molar-refractivity contribution < 1.29 is 37.7 Å². The second kappa shape index (κ2) is 9.33. The third-order valence-corrected chi connectivity index (χ3v) is 6.14. The van der Waals surface area contributed by atoms with Crippen LogP contribution < -0.4 is 0 Å². The molecular weight excluding hydrogens is 429 g/mol. The summed E-state index contributed by atoms with van der Waals surface area (Å²) in [5.74, 6) is -8.67. The Balaban J connectivity index is 2.18. The van der Waals surface area contributed by atoms with Gasteiger partial charge < -0.3 is 19.8 Å². The summed E-state index contributed by atoms with van der Waals surface area (Å²) in [6, 6.07) is 0.683. The van der Waals surface area contributed by atoms with Crippen LogP contribution in [0.5, 0.6) is 0 Å². The first-order valence-corrected chi connectivity index (χ1v) is 10.1. The molecule has 1 atom stereocenters. The van der Waals surface area contributed by atoms with Crippen molar-refractivity contribution in [2.45, 2.75) is 26.2 Å². The average Bonchev–Trinajstić information content (AvgIpc) is 2.75. The fourth-order valence-corrected chi connectivity index (χ4v) is 4.23. The Morgan fingerprint density at radius 1 is 1.06 bits per heavy atom. The number of allylic oxidation sites excluding steroid dienone is 1. The Morgan fingerprint density at radius 2 is 1.66 bits per heavy atom. The van der Waals surface area contributed by atoms with Crippen LogP contribution in [0.3, 0.4) is 0 Å². The summed E-state index contributed by atoms with van der Waals surface area (Å²) >= 11 is 0. The summed E-state index contributed by atoms with van der Waals surface area (Å²) < 4.78 is 48.9. The molecule has 0 amide bonds. The van der Waals surface area contributed by atoms with Gasteiger partial charge in [0.25, 0.3) is 0 Å². The fourth-order valence-electron chi connectivity index (χ4n) is 4.23. The van der Waals surface area contributed by atoms with Crippen molar-refractivity contribution in [3.05, 3.63) is 57.2 Å². The van der Waals surface area contributed by atoms with Gasteiger partial charge in [-0.1, -0.05) is 0 Å². The van der Waals surface area contributed by atoms with E-state index in [1.165, 1.54) is 18.9 Å². The molecule has 32 heavy (non-hydrogen) atoms. The molecule has 1 fully saturated rings. The summed E-state index contributed by atoms with van der Waals surface area (Å²) in [7, 11) is 1.53. The molecule has 0 aromatic heterocycles. The van der Waals surface area contributed by atoms with Crippen LogP contribution in [0.1, 0.15) is 30.4 Å². The SMILES string of the molecule is CC1=C(C(=O)O)C(c2cc(F)c(C)c(F)c2F)C(C(=O)O)=C(CCN2CCOCC2)N1C. The summed E-state index contributed by atoms with van der Waals surface area (Å²) in [6.07, 6.45) is 0.220. The van der Waals surface area contributed by atoms with Gasteiger partial charge in [-0.15, -0.1) is 0 Å². The third-order valence-electron chi connectivity index (χ3n) is 6.14. The summed E-state index contributed by atoms with van der Waals surface area (Å²) in [5.41, 5.74) is -1.64. The maximum atomic E-state index is 14.9. The normalized spacial score (nSPS) is 20.2. The zero-order valence-corrected chi connectivity index (χ0v) is 18.0. The van der Waals surface area contributed by atoms with Gasteiger partial charge in [0.05, 0.1) is 30.3 Å². The highest BCUT2D eigenvalue weighted by Crippen LogP contribution is 2.44. The summed E-state index contributed by atoms with van der Waals surface area (Å²) in [6.45, 7) is 5.36. The molecule has 0 spiro atoms. The molecule has 2 heterocycles. The van der Waals surface area contributed by atoms with Gasteiger partial charge >= 0.3 is 11.9 Å². The molecule has 1 unspecified atom stereocenters. The zero-order chi connectivity index (χ0) is 23.7. The zero-order valence-electron chi connectivity index (χ0n) is 18.0. The van der Waals surface area contributed by atoms with Crippen LogP contribution >= 0.6 is 0 Å². The van der Waals surface area contributed by atoms with Crippen molar-refractivity contribution in [2.75, 3.05) is 39.9 Å². The van der Waals surface area contributed by atoms with Crippen LogP contribution in [-0.2, 0) is 14.3 Å². The van der Waals surface area contributed by atoms with Crippen molar-refractivity contribution in [3.63, 3.8) is 0 Å². The minimum Gasteiger partial charge on any atom is -0.478 e. The minimum atomic E-state index is -1.68. The second-order valence-corrected chi connectivity index (χ2v) is 7.87. The van der Waals surface area contributed by atoms with Crippen molar-refractivity contribution in [1.29, 1.82) is 0 Å². The number of ether oxygens (including phenoxy) is 1. The number of rotatable bonds is 6. The molecule has 1 aromatic carbocycles. The van der Waals surface area contributed by atoms with Crippen LogP contribution in [0.4, 0.5) is 13.2 Å². The van der Waals surface area contributed by atoms with Crippen LogP contribution in [0.2, 0.25) is 0 Å². The fraction of sp³-hybridized carbons (Fsp3) is 0.455. The molecule has 10 heteroatoms. The van der Waals surface area contributed by atoms with Gasteiger partial charge in [0.1, 0.15) is 5.82 Å². The number of benzene rings is 1.